The first-order valence-corrected chi connectivity index (χ1v) is 10.5. The van der Waals surface area contributed by atoms with E-state index in [1.54, 1.807) is 30.3 Å². The van der Waals surface area contributed by atoms with Crippen LogP contribution in [0.3, 0.4) is 0 Å². The molecule has 2 aliphatic rings. The van der Waals surface area contributed by atoms with Crippen LogP contribution in [0.5, 0.6) is 17.2 Å². The summed E-state index contributed by atoms with van der Waals surface area (Å²) < 4.78 is 15.8. The van der Waals surface area contributed by atoms with Crippen LogP contribution in [0.25, 0.3) is 6.08 Å². The molecule has 1 saturated heterocycles. The van der Waals surface area contributed by atoms with Crippen LogP contribution in [0.4, 0.5) is 10.5 Å². The van der Waals surface area contributed by atoms with Gasteiger partial charge in [0.2, 0.25) is 6.79 Å². The molecule has 0 bridgehead atoms. The SMILES string of the molecule is O=C(COc1ccccc1[N+](=O)[O-])NCCN1C(=O)S/C(=C\c2ccc3c(c2)OCO3)C1=O. The maximum Gasteiger partial charge on any atom is 0.310 e. The van der Waals surface area contributed by atoms with Gasteiger partial charge < -0.3 is 19.5 Å². The van der Waals surface area contributed by atoms with Crippen molar-refractivity contribution in [2.75, 3.05) is 26.5 Å². The molecule has 1 N–H and O–H groups in total. The second-order valence-corrected chi connectivity index (χ2v) is 7.80. The highest BCUT2D eigenvalue weighted by Gasteiger charge is 2.34. The Labute approximate surface area is 191 Å². The molecular weight excluding hydrogens is 454 g/mol. The van der Waals surface area contributed by atoms with Crippen molar-refractivity contribution >= 4 is 40.6 Å². The molecule has 2 aromatic rings. The van der Waals surface area contributed by atoms with Crippen molar-refractivity contribution in [2.45, 2.75) is 0 Å². The van der Waals surface area contributed by atoms with Gasteiger partial charge in [-0.15, -0.1) is 0 Å². The van der Waals surface area contributed by atoms with Crippen molar-refractivity contribution in [3.8, 4) is 17.2 Å². The first-order chi connectivity index (χ1) is 15.9. The van der Waals surface area contributed by atoms with Crippen molar-refractivity contribution < 1.29 is 33.5 Å². The van der Waals surface area contributed by atoms with E-state index in [-0.39, 0.29) is 36.2 Å². The zero-order valence-electron chi connectivity index (χ0n) is 17.0. The standard InChI is InChI=1S/C21H17N3O8S/c25-19(11-30-15-4-2-1-3-14(15)24(28)29)22-7-8-23-20(26)18(33-21(23)27)10-13-5-6-16-17(9-13)32-12-31-16/h1-6,9-10H,7-8,11-12H2,(H,22,25)/b18-10-. The zero-order chi connectivity index (χ0) is 23.4. The number of nitrogens with zero attached hydrogens (tertiary/aromatic N) is 2. The second kappa shape index (κ2) is 9.61. The average molecular weight is 471 g/mol. The number of benzene rings is 2. The number of amides is 3. The molecule has 0 unspecified atom stereocenters. The zero-order valence-corrected chi connectivity index (χ0v) is 17.8. The molecule has 11 nitrogen and oxygen atoms in total. The Bertz CT molecular complexity index is 1170. The minimum Gasteiger partial charge on any atom is -0.477 e. The molecule has 0 aliphatic carbocycles. The molecule has 12 heteroatoms. The molecule has 0 atom stereocenters. The summed E-state index contributed by atoms with van der Waals surface area (Å²) in [7, 11) is 0. The lowest BCUT2D eigenvalue weighted by Crippen LogP contribution is -2.38. The number of hydrogen-bond donors (Lipinski definition) is 1. The number of thioether (sulfide) groups is 1. The smallest absolute Gasteiger partial charge is 0.310 e. The number of nitrogens with one attached hydrogen (secondary N) is 1. The largest absolute Gasteiger partial charge is 0.477 e. The summed E-state index contributed by atoms with van der Waals surface area (Å²) in [5, 5.41) is 13.1. The van der Waals surface area contributed by atoms with Crippen LogP contribution in [-0.4, -0.2) is 53.4 Å². The topological polar surface area (TPSA) is 137 Å². The summed E-state index contributed by atoms with van der Waals surface area (Å²) in [5.41, 5.74) is 0.433. The summed E-state index contributed by atoms with van der Waals surface area (Å²) in [6.07, 6.45) is 1.59. The fourth-order valence-corrected chi connectivity index (χ4v) is 3.94. The Balaban J connectivity index is 1.28. The molecular formula is C21H17N3O8S. The number of carbonyl (C=O) groups excluding carboxylic acids is 3. The minimum atomic E-state index is -0.607. The first kappa shape index (κ1) is 22.1. The number of fused-ring (bicyclic) bond motifs is 1. The van der Waals surface area contributed by atoms with Crippen LogP contribution < -0.4 is 19.5 Å². The van der Waals surface area contributed by atoms with Crippen LogP contribution >= 0.6 is 11.8 Å². The Morgan fingerprint density at radius 2 is 2.00 bits per heavy atom. The van der Waals surface area contributed by atoms with Gasteiger partial charge in [-0.25, -0.2) is 0 Å². The summed E-state index contributed by atoms with van der Waals surface area (Å²) in [5.74, 6) is 0.136. The van der Waals surface area contributed by atoms with E-state index in [1.165, 1.54) is 18.2 Å². The maximum atomic E-state index is 12.6. The summed E-state index contributed by atoms with van der Waals surface area (Å²) in [6.45, 7) is -0.333. The van der Waals surface area contributed by atoms with Gasteiger partial charge in [0.05, 0.1) is 9.83 Å². The van der Waals surface area contributed by atoms with E-state index in [4.69, 9.17) is 14.2 Å². The molecule has 0 radical (unpaired) electrons. The summed E-state index contributed by atoms with van der Waals surface area (Å²) in [6, 6.07) is 10.9. The highest BCUT2D eigenvalue weighted by Crippen LogP contribution is 2.36. The Morgan fingerprint density at radius 1 is 1.21 bits per heavy atom. The van der Waals surface area contributed by atoms with E-state index < -0.39 is 28.6 Å². The predicted octanol–water partition coefficient (Wildman–Crippen LogP) is 2.56. The van der Waals surface area contributed by atoms with Gasteiger partial charge in [-0.05, 0) is 41.6 Å². The maximum absolute atomic E-state index is 12.6. The minimum absolute atomic E-state index is 0.00835. The van der Waals surface area contributed by atoms with Gasteiger partial charge in [0, 0.05) is 19.2 Å². The van der Waals surface area contributed by atoms with E-state index in [1.807, 2.05) is 0 Å². The number of ether oxygens (including phenoxy) is 3. The van der Waals surface area contributed by atoms with Crippen LogP contribution in [0.1, 0.15) is 5.56 Å². The van der Waals surface area contributed by atoms with Gasteiger partial charge in [-0.2, -0.15) is 0 Å². The van der Waals surface area contributed by atoms with Gasteiger partial charge in [0.25, 0.3) is 17.1 Å². The normalized spacial score (nSPS) is 15.8. The lowest BCUT2D eigenvalue weighted by atomic mass is 10.2. The summed E-state index contributed by atoms with van der Waals surface area (Å²) in [4.78, 5) is 48.5. The third-order valence-electron chi connectivity index (χ3n) is 4.65. The Kier molecular flexibility index (Phi) is 6.45. The number of nitro groups is 1. The molecule has 1 fully saturated rings. The van der Waals surface area contributed by atoms with Crippen LogP contribution in [0.15, 0.2) is 47.4 Å². The third-order valence-corrected chi connectivity index (χ3v) is 5.55. The molecule has 3 amide bonds. The fraction of sp³-hybridized carbons (Fsp3) is 0.190. The van der Waals surface area contributed by atoms with E-state index >= 15 is 0 Å². The second-order valence-electron chi connectivity index (χ2n) is 6.81. The van der Waals surface area contributed by atoms with Crippen LogP contribution in [0, 0.1) is 10.1 Å². The van der Waals surface area contributed by atoms with Crippen molar-refractivity contribution in [1.29, 1.82) is 0 Å². The van der Waals surface area contributed by atoms with Crippen molar-refractivity contribution in [3.63, 3.8) is 0 Å². The summed E-state index contributed by atoms with van der Waals surface area (Å²) >= 11 is 0.806. The molecule has 0 spiro atoms. The Hall–Kier alpha value is -4.06. The monoisotopic (exact) mass is 471 g/mol. The van der Waals surface area contributed by atoms with E-state index in [2.05, 4.69) is 5.32 Å². The number of nitro benzene ring substituents is 1. The molecule has 2 aromatic carbocycles. The molecule has 2 aliphatic heterocycles. The van der Waals surface area contributed by atoms with Crippen LogP contribution in [-0.2, 0) is 9.59 Å². The molecule has 170 valence electrons. The van der Waals surface area contributed by atoms with Crippen LogP contribution in [0.2, 0.25) is 0 Å². The highest BCUT2D eigenvalue weighted by atomic mass is 32.2. The molecule has 2 heterocycles. The Morgan fingerprint density at radius 3 is 2.82 bits per heavy atom. The van der Waals surface area contributed by atoms with Gasteiger partial charge in [-0.1, -0.05) is 18.2 Å². The number of hydrogen-bond acceptors (Lipinski definition) is 9. The molecule has 0 aromatic heterocycles. The van der Waals surface area contributed by atoms with Crippen molar-refractivity contribution in [3.05, 3.63) is 63.0 Å². The van der Waals surface area contributed by atoms with Crippen molar-refractivity contribution in [2.24, 2.45) is 0 Å². The van der Waals surface area contributed by atoms with Gasteiger partial charge >= 0.3 is 5.69 Å². The predicted molar refractivity (Wildman–Crippen MR) is 117 cm³/mol. The molecule has 0 saturated carbocycles. The highest BCUT2D eigenvalue weighted by molar-refractivity contribution is 8.18. The number of para-hydroxylation sites is 2. The fourth-order valence-electron chi connectivity index (χ4n) is 3.08. The van der Waals surface area contributed by atoms with Gasteiger partial charge in [0.15, 0.2) is 23.9 Å². The number of rotatable bonds is 8. The van der Waals surface area contributed by atoms with E-state index in [9.17, 15) is 24.5 Å². The van der Waals surface area contributed by atoms with E-state index in [0.717, 1.165) is 16.7 Å². The lowest BCUT2D eigenvalue weighted by Gasteiger charge is -2.13. The average Bonchev–Trinajstić information content (AvgIpc) is 3.37. The lowest BCUT2D eigenvalue weighted by molar-refractivity contribution is -0.385. The molecule has 33 heavy (non-hydrogen) atoms. The quantitative estimate of drug-likeness (QED) is 0.350. The van der Waals surface area contributed by atoms with Gasteiger partial charge in [0.1, 0.15) is 0 Å². The van der Waals surface area contributed by atoms with E-state index in [0.29, 0.717) is 17.1 Å². The number of carbonyl (C=O) groups is 3. The molecule has 4 rings (SSSR count). The van der Waals surface area contributed by atoms with Crippen molar-refractivity contribution in [1.82, 2.24) is 10.2 Å². The number of imide groups is 1. The first-order valence-electron chi connectivity index (χ1n) is 9.70. The van der Waals surface area contributed by atoms with Gasteiger partial charge in [-0.3, -0.25) is 29.4 Å². The third kappa shape index (κ3) is 5.06.